The van der Waals surface area contributed by atoms with Crippen molar-refractivity contribution in [1.82, 2.24) is 0 Å². The van der Waals surface area contributed by atoms with Crippen LogP contribution >= 0.6 is 0 Å². The predicted molar refractivity (Wildman–Crippen MR) is 33.8 cm³/mol. The minimum atomic E-state index is 1.20. The van der Waals surface area contributed by atoms with Gasteiger partial charge in [0.1, 0.15) is 24.7 Å². The Bertz CT molecular complexity index is 187. The van der Waals surface area contributed by atoms with Crippen molar-refractivity contribution in [3.8, 4) is 0 Å². The highest BCUT2D eigenvalue weighted by Crippen LogP contribution is 2.72. The van der Waals surface area contributed by atoms with Crippen LogP contribution < -0.4 is 0 Å². The van der Waals surface area contributed by atoms with E-state index in [9.17, 15) is 0 Å². The number of quaternary nitrogens is 1. The lowest BCUT2D eigenvalue weighted by molar-refractivity contribution is -0.728. The molecule has 48 valence electrons. The first-order chi connectivity index (χ1) is 4.43. The van der Waals surface area contributed by atoms with Crippen molar-refractivity contribution in [3.63, 3.8) is 0 Å². The van der Waals surface area contributed by atoms with Crippen molar-refractivity contribution in [2.24, 2.45) is 5.92 Å². The summed E-state index contributed by atoms with van der Waals surface area (Å²) in [6.07, 6.45) is 4.75. The van der Waals surface area contributed by atoms with E-state index >= 15 is 0 Å². The van der Waals surface area contributed by atoms with Gasteiger partial charge >= 0.3 is 0 Å². The van der Waals surface area contributed by atoms with Gasteiger partial charge in [-0.05, 0) is 12.8 Å². The lowest BCUT2D eigenvalue weighted by Crippen LogP contribution is -2.14. The van der Waals surface area contributed by atoms with Crippen LogP contribution in [0.4, 0.5) is 0 Å². The normalized spacial score (nSPS) is 74.0. The maximum absolute atomic E-state index is 1.64. The Morgan fingerprint density at radius 1 is 1.00 bits per heavy atom. The topological polar surface area (TPSA) is 0 Å². The molecule has 0 N–H and O–H groups in total. The van der Waals surface area contributed by atoms with Crippen molar-refractivity contribution in [3.05, 3.63) is 0 Å². The lowest BCUT2D eigenvalue weighted by Gasteiger charge is -1.99. The van der Waals surface area contributed by atoms with E-state index in [1.807, 2.05) is 0 Å². The Balaban J connectivity index is 1.65. The molecule has 0 radical (unpaired) electrons. The van der Waals surface area contributed by atoms with Gasteiger partial charge in [-0.1, -0.05) is 0 Å². The van der Waals surface area contributed by atoms with Crippen molar-refractivity contribution in [2.75, 3.05) is 6.54 Å². The fourth-order valence-corrected chi connectivity index (χ4v) is 3.04. The zero-order valence-corrected chi connectivity index (χ0v) is 5.59. The minimum absolute atomic E-state index is 1.20. The Hall–Kier alpha value is -0.0400. The molecule has 1 nitrogen and oxygen atoms in total. The Morgan fingerprint density at radius 2 is 1.78 bits per heavy atom. The summed E-state index contributed by atoms with van der Waals surface area (Å²) in [5.41, 5.74) is 0. The van der Waals surface area contributed by atoms with Gasteiger partial charge in [0, 0.05) is 5.92 Å². The molecule has 4 fully saturated rings. The summed E-state index contributed by atoms with van der Waals surface area (Å²) in [5, 5.41) is 0. The molecule has 2 saturated heterocycles. The standard InChI is InChI=1S/C8H12N/c1-2-5(1)8-4-9(8)6-3-7(6)9/h5-8H,1-4H2/q+1. The molecular weight excluding hydrogens is 110 g/mol. The van der Waals surface area contributed by atoms with Crippen LogP contribution in [0.25, 0.3) is 0 Å². The SMILES string of the molecule is C1CC1C1C[N+]12C1CC12. The number of rotatable bonds is 1. The zero-order chi connectivity index (χ0) is 5.64. The monoisotopic (exact) mass is 122 g/mol. The summed E-state index contributed by atoms with van der Waals surface area (Å²) < 4.78 is 1.64. The number of hydrogen-bond acceptors (Lipinski definition) is 0. The molecule has 0 amide bonds. The molecule has 3 atom stereocenters. The van der Waals surface area contributed by atoms with E-state index < -0.39 is 0 Å². The van der Waals surface area contributed by atoms with Crippen LogP contribution in [-0.4, -0.2) is 29.2 Å². The van der Waals surface area contributed by atoms with E-state index in [1.54, 1.807) is 30.3 Å². The molecule has 1 heteroatoms. The third-order valence-corrected chi connectivity index (χ3v) is 4.02. The van der Waals surface area contributed by atoms with Crippen LogP contribution in [0.15, 0.2) is 0 Å². The number of fused-ring (bicyclic) bond motifs is 3. The van der Waals surface area contributed by atoms with E-state index in [4.69, 9.17) is 0 Å². The van der Waals surface area contributed by atoms with Crippen LogP contribution in [0.1, 0.15) is 19.3 Å². The molecule has 2 heterocycles. The van der Waals surface area contributed by atoms with Crippen molar-refractivity contribution < 1.29 is 4.48 Å². The molecule has 0 aromatic heterocycles. The summed E-state index contributed by atoms with van der Waals surface area (Å²) in [4.78, 5) is 0. The van der Waals surface area contributed by atoms with Gasteiger partial charge in [0.2, 0.25) is 0 Å². The van der Waals surface area contributed by atoms with Gasteiger partial charge < -0.3 is 0 Å². The van der Waals surface area contributed by atoms with Gasteiger partial charge in [-0.15, -0.1) is 0 Å². The maximum atomic E-state index is 1.64. The summed E-state index contributed by atoms with van der Waals surface area (Å²) in [7, 11) is 0. The molecule has 2 aliphatic heterocycles. The van der Waals surface area contributed by atoms with Crippen LogP contribution in [-0.2, 0) is 0 Å². The molecule has 0 bridgehead atoms. The summed E-state index contributed by atoms with van der Waals surface area (Å²) in [6, 6.07) is 3.64. The molecular formula is C8H12N+. The quantitative estimate of drug-likeness (QED) is 0.355. The van der Waals surface area contributed by atoms with E-state index in [2.05, 4.69) is 0 Å². The zero-order valence-electron chi connectivity index (χ0n) is 5.59. The van der Waals surface area contributed by atoms with Crippen LogP contribution in [0, 0.1) is 5.92 Å². The maximum Gasteiger partial charge on any atom is 0.149 e. The second-order valence-electron chi connectivity index (χ2n) is 4.45. The fourth-order valence-electron chi connectivity index (χ4n) is 3.04. The van der Waals surface area contributed by atoms with Gasteiger partial charge in [-0.3, -0.25) is 4.48 Å². The molecule has 0 aromatic rings. The average molecular weight is 122 g/mol. The highest BCUT2D eigenvalue weighted by atomic mass is 15.7. The molecule has 4 aliphatic rings. The Kier molecular flexibility index (Phi) is 0.353. The third-order valence-electron chi connectivity index (χ3n) is 4.02. The molecule has 0 aromatic carbocycles. The number of hydrogen-bond donors (Lipinski definition) is 0. The Labute approximate surface area is 55.2 Å². The van der Waals surface area contributed by atoms with Crippen LogP contribution in [0.2, 0.25) is 0 Å². The molecule has 1 spiro atoms. The first-order valence-electron chi connectivity index (χ1n) is 4.30. The van der Waals surface area contributed by atoms with Gasteiger partial charge in [0.05, 0.1) is 6.42 Å². The first kappa shape index (κ1) is 3.97. The Morgan fingerprint density at radius 3 is 2.11 bits per heavy atom. The predicted octanol–water partition coefficient (Wildman–Crippen LogP) is 0.750. The van der Waals surface area contributed by atoms with E-state index in [1.165, 1.54) is 24.0 Å². The van der Waals surface area contributed by atoms with Crippen LogP contribution in [0.3, 0.4) is 0 Å². The smallest absolute Gasteiger partial charge is 0.149 e. The highest BCUT2D eigenvalue weighted by molar-refractivity contribution is 5.16. The van der Waals surface area contributed by atoms with Gasteiger partial charge in [-0.2, -0.15) is 0 Å². The van der Waals surface area contributed by atoms with E-state index in [-0.39, 0.29) is 0 Å². The summed E-state index contributed by atoms with van der Waals surface area (Å²) >= 11 is 0. The van der Waals surface area contributed by atoms with E-state index in [0.29, 0.717) is 0 Å². The molecule has 4 rings (SSSR count). The first-order valence-corrected chi connectivity index (χ1v) is 4.30. The molecule has 2 aliphatic carbocycles. The molecule has 9 heavy (non-hydrogen) atoms. The van der Waals surface area contributed by atoms with Gasteiger partial charge in [0.25, 0.3) is 0 Å². The minimum Gasteiger partial charge on any atom is -0.296 e. The largest absolute Gasteiger partial charge is 0.296 e. The lowest BCUT2D eigenvalue weighted by atomic mass is 10.3. The average Bonchev–Trinajstić information content (AvgIpc) is 2.68. The van der Waals surface area contributed by atoms with E-state index in [0.717, 1.165) is 0 Å². The van der Waals surface area contributed by atoms with Gasteiger partial charge in [0.15, 0.2) is 0 Å². The molecule has 3 unspecified atom stereocenters. The molecule has 2 saturated carbocycles. The summed E-state index contributed by atoms with van der Waals surface area (Å²) in [5.74, 6) is 1.21. The second kappa shape index (κ2) is 0.800. The van der Waals surface area contributed by atoms with Crippen LogP contribution in [0.5, 0.6) is 0 Å². The van der Waals surface area contributed by atoms with Gasteiger partial charge in [-0.25, -0.2) is 0 Å². The van der Waals surface area contributed by atoms with Crippen molar-refractivity contribution >= 4 is 0 Å². The third kappa shape index (κ3) is 0.277. The van der Waals surface area contributed by atoms with Crippen molar-refractivity contribution in [1.29, 1.82) is 0 Å². The fraction of sp³-hybridized carbons (Fsp3) is 1.00. The van der Waals surface area contributed by atoms with Crippen molar-refractivity contribution in [2.45, 2.75) is 37.4 Å². The summed E-state index contributed by atoms with van der Waals surface area (Å²) in [6.45, 7) is 1.60. The highest BCUT2D eigenvalue weighted by Gasteiger charge is 2.92. The number of nitrogens with zero attached hydrogens (tertiary/aromatic N) is 1. The second-order valence-corrected chi connectivity index (χ2v) is 4.45.